The standard InChI is InChI=1S/C22H28N6O/c1-15-4-6-18(7-5-15)17(3)26-20(29)13-28-22-19(12-25-28)21(23-14-24-22)27-10-8-16(2)9-11-27/h4-7,12,14,16-17H,8-11,13H2,1-3H3,(H,26,29)/t17-/m0/s1. The van der Waals surface area contributed by atoms with E-state index >= 15 is 0 Å². The van der Waals surface area contributed by atoms with Crippen LogP contribution in [-0.4, -0.2) is 38.7 Å². The molecule has 0 radical (unpaired) electrons. The van der Waals surface area contributed by atoms with Crippen LogP contribution in [0.4, 0.5) is 5.82 Å². The molecule has 29 heavy (non-hydrogen) atoms. The fraction of sp³-hybridized carbons (Fsp3) is 0.455. The van der Waals surface area contributed by atoms with Gasteiger partial charge in [-0.25, -0.2) is 14.6 Å². The highest BCUT2D eigenvalue weighted by Crippen LogP contribution is 2.27. The highest BCUT2D eigenvalue weighted by Gasteiger charge is 2.21. The predicted molar refractivity (Wildman–Crippen MR) is 114 cm³/mol. The maximum atomic E-state index is 12.6. The van der Waals surface area contributed by atoms with Crippen LogP contribution in [0.3, 0.4) is 0 Å². The number of amides is 1. The Balaban J connectivity index is 1.47. The summed E-state index contributed by atoms with van der Waals surface area (Å²) in [5.74, 6) is 1.59. The first-order valence-corrected chi connectivity index (χ1v) is 10.3. The molecule has 1 N–H and O–H groups in total. The molecule has 1 amide bonds. The summed E-state index contributed by atoms with van der Waals surface area (Å²) in [5, 5.41) is 8.38. The molecule has 0 bridgehead atoms. The predicted octanol–water partition coefficient (Wildman–Crippen LogP) is 3.25. The molecule has 7 heteroatoms. The van der Waals surface area contributed by atoms with E-state index in [-0.39, 0.29) is 18.5 Å². The van der Waals surface area contributed by atoms with Gasteiger partial charge in [-0.2, -0.15) is 5.10 Å². The number of carbonyl (C=O) groups excluding carboxylic acids is 1. The van der Waals surface area contributed by atoms with Crippen LogP contribution >= 0.6 is 0 Å². The quantitative estimate of drug-likeness (QED) is 0.721. The number of rotatable bonds is 5. The Kier molecular flexibility index (Phi) is 5.47. The van der Waals surface area contributed by atoms with Crippen molar-refractivity contribution < 1.29 is 4.79 Å². The molecule has 0 unspecified atom stereocenters. The lowest BCUT2D eigenvalue weighted by molar-refractivity contribution is -0.122. The van der Waals surface area contributed by atoms with Crippen molar-refractivity contribution in [2.75, 3.05) is 18.0 Å². The van der Waals surface area contributed by atoms with Crippen molar-refractivity contribution in [1.82, 2.24) is 25.1 Å². The minimum atomic E-state index is -0.0879. The van der Waals surface area contributed by atoms with Gasteiger partial charge >= 0.3 is 0 Å². The summed E-state index contributed by atoms with van der Waals surface area (Å²) in [7, 11) is 0. The molecular formula is C22H28N6O. The van der Waals surface area contributed by atoms with E-state index in [1.807, 2.05) is 19.1 Å². The second-order valence-electron chi connectivity index (χ2n) is 8.11. The molecule has 1 aliphatic heterocycles. The second-order valence-corrected chi connectivity index (χ2v) is 8.11. The third kappa shape index (κ3) is 4.23. The van der Waals surface area contributed by atoms with Crippen LogP contribution in [0, 0.1) is 12.8 Å². The van der Waals surface area contributed by atoms with Crippen LogP contribution in [0.15, 0.2) is 36.8 Å². The van der Waals surface area contributed by atoms with Gasteiger partial charge in [-0.15, -0.1) is 0 Å². The van der Waals surface area contributed by atoms with Crippen molar-refractivity contribution in [3.8, 4) is 0 Å². The van der Waals surface area contributed by atoms with Gasteiger partial charge in [0.25, 0.3) is 0 Å². The smallest absolute Gasteiger partial charge is 0.242 e. The van der Waals surface area contributed by atoms with Crippen molar-refractivity contribution in [3.05, 3.63) is 47.9 Å². The Hall–Kier alpha value is -2.96. The summed E-state index contributed by atoms with van der Waals surface area (Å²) in [6.45, 7) is 8.45. The van der Waals surface area contributed by atoms with Gasteiger partial charge in [0.2, 0.25) is 5.91 Å². The van der Waals surface area contributed by atoms with Crippen LogP contribution in [0.25, 0.3) is 11.0 Å². The Labute approximate surface area is 171 Å². The van der Waals surface area contributed by atoms with Gasteiger partial charge in [0, 0.05) is 13.1 Å². The molecule has 3 heterocycles. The van der Waals surface area contributed by atoms with Crippen LogP contribution in [0.5, 0.6) is 0 Å². The van der Waals surface area contributed by atoms with Gasteiger partial charge in [0.15, 0.2) is 5.65 Å². The molecule has 7 nitrogen and oxygen atoms in total. The molecule has 1 atom stereocenters. The summed E-state index contributed by atoms with van der Waals surface area (Å²) in [6, 6.07) is 8.13. The molecule has 3 aromatic rings. The number of nitrogens with zero attached hydrogens (tertiary/aromatic N) is 5. The average Bonchev–Trinajstić information content (AvgIpc) is 3.12. The highest BCUT2D eigenvalue weighted by molar-refractivity contribution is 5.88. The summed E-state index contributed by atoms with van der Waals surface area (Å²) in [5.41, 5.74) is 2.99. The number of piperidine rings is 1. The number of aromatic nitrogens is 4. The highest BCUT2D eigenvalue weighted by atomic mass is 16.2. The maximum absolute atomic E-state index is 12.6. The number of aryl methyl sites for hydroxylation is 1. The summed E-state index contributed by atoms with van der Waals surface area (Å²) in [4.78, 5) is 23.8. The van der Waals surface area contributed by atoms with Gasteiger partial charge in [-0.1, -0.05) is 36.8 Å². The van der Waals surface area contributed by atoms with E-state index in [0.717, 1.165) is 35.8 Å². The molecule has 1 aliphatic rings. The minimum Gasteiger partial charge on any atom is -0.356 e. The second kappa shape index (κ2) is 8.19. The number of nitrogens with one attached hydrogen (secondary N) is 1. The lowest BCUT2D eigenvalue weighted by atomic mass is 9.99. The van der Waals surface area contributed by atoms with Gasteiger partial charge in [-0.3, -0.25) is 4.79 Å². The van der Waals surface area contributed by atoms with Gasteiger partial charge in [0.1, 0.15) is 18.7 Å². The van der Waals surface area contributed by atoms with Gasteiger partial charge in [0.05, 0.1) is 17.6 Å². The van der Waals surface area contributed by atoms with Crippen LogP contribution in [0.2, 0.25) is 0 Å². The van der Waals surface area contributed by atoms with E-state index in [9.17, 15) is 4.79 Å². The largest absolute Gasteiger partial charge is 0.356 e. The fourth-order valence-corrected chi connectivity index (χ4v) is 3.83. The SMILES string of the molecule is Cc1ccc([C@H](C)NC(=O)Cn2ncc3c(N4CCC(C)CC4)ncnc32)cc1. The summed E-state index contributed by atoms with van der Waals surface area (Å²) in [6.07, 6.45) is 5.68. The van der Waals surface area contributed by atoms with Gasteiger partial charge in [-0.05, 0) is 38.2 Å². The lowest BCUT2D eigenvalue weighted by Crippen LogP contribution is -2.33. The number of anilines is 1. The zero-order valence-corrected chi connectivity index (χ0v) is 17.3. The first-order chi connectivity index (χ1) is 14.0. The van der Waals surface area contributed by atoms with Gasteiger partial charge < -0.3 is 10.2 Å². The number of hydrogen-bond donors (Lipinski definition) is 1. The first kappa shape index (κ1) is 19.4. The first-order valence-electron chi connectivity index (χ1n) is 10.3. The zero-order chi connectivity index (χ0) is 20.4. The molecular weight excluding hydrogens is 364 g/mol. The van der Waals surface area contributed by atoms with E-state index in [2.05, 4.69) is 51.3 Å². The van der Waals surface area contributed by atoms with Crippen LogP contribution in [0.1, 0.15) is 43.9 Å². The van der Waals surface area contributed by atoms with Crippen molar-refractivity contribution in [2.45, 2.75) is 46.2 Å². The Morgan fingerprint density at radius 1 is 1.21 bits per heavy atom. The van der Waals surface area contributed by atoms with E-state index < -0.39 is 0 Å². The van der Waals surface area contributed by atoms with E-state index in [4.69, 9.17) is 0 Å². The van der Waals surface area contributed by atoms with E-state index in [1.165, 1.54) is 18.4 Å². The van der Waals surface area contributed by atoms with Crippen molar-refractivity contribution in [1.29, 1.82) is 0 Å². The molecule has 4 rings (SSSR count). The van der Waals surface area contributed by atoms with E-state index in [0.29, 0.717) is 5.65 Å². The average molecular weight is 393 g/mol. The molecule has 0 spiro atoms. The normalized spacial score (nSPS) is 16.2. The fourth-order valence-electron chi connectivity index (χ4n) is 3.83. The Bertz CT molecular complexity index is 988. The summed E-state index contributed by atoms with van der Waals surface area (Å²) < 4.78 is 1.66. The molecule has 1 saturated heterocycles. The third-order valence-corrected chi connectivity index (χ3v) is 5.74. The number of benzene rings is 1. The van der Waals surface area contributed by atoms with Crippen molar-refractivity contribution >= 4 is 22.8 Å². The third-order valence-electron chi connectivity index (χ3n) is 5.74. The lowest BCUT2D eigenvalue weighted by Gasteiger charge is -2.31. The molecule has 2 aromatic heterocycles. The molecule has 1 aromatic carbocycles. The van der Waals surface area contributed by atoms with Crippen LogP contribution in [-0.2, 0) is 11.3 Å². The van der Waals surface area contributed by atoms with E-state index in [1.54, 1.807) is 17.2 Å². The molecule has 152 valence electrons. The Morgan fingerprint density at radius 3 is 2.66 bits per heavy atom. The topological polar surface area (TPSA) is 75.9 Å². The van der Waals surface area contributed by atoms with Crippen molar-refractivity contribution in [2.24, 2.45) is 5.92 Å². The molecule has 0 saturated carbocycles. The molecule has 1 fully saturated rings. The Morgan fingerprint density at radius 2 is 1.93 bits per heavy atom. The number of carbonyl (C=O) groups is 1. The monoisotopic (exact) mass is 392 g/mol. The number of fused-ring (bicyclic) bond motifs is 1. The summed E-state index contributed by atoms with van der Waals surface area (Å²) >= 11 is 0. The van der Waals surface area contributed by atoms with Crippen molar-refractivity contribution in [3.63, 3.8) is 0 Å². The zero-order valence-electron chi connectivity index (χ0n) is 17.3. The minimum absolute atomic E-state index is 0.0644. The maximum Gasteiger partial charge on any atom is 0.242 e. The van der Waals surface area contributed by atoms with Crippen LogP contribution < -0.4 is 10.2 Å². The number of hydrogen-bond acceptors (Lipinski definition) is 5. The molecule has 0 aliphatic carbocycles.